The van der Waals surface area contributed by atoms with Gasteiger partial charge in [-0.15, -0.1) is 6.58 Å². The van der Waals surface area contributed by atoms with Gasteiger partial charge in [-0.25, -0.2) is 0 Å². The monoisotopic (exact) mass is 206 g/mol. The Labute approximate surface area is 80.9 Å². The summed E-state index contributed by atoms with van der Waals surface area (Å²) in [5.74, 6) is 0. The molecule has 0 atom stereocenters. The van der Waals surface area contributed by atoms with Crippen molar-refractivity contribution in [3.05, 3.63) is 12.7 Å². The van der Waals surface area contributed by atoms with Crippen LogP contribution < -0.4 is 0 Å². The highest BCUT2D eigenvalue weighted by atomic mass is 28.4. The van der Waals surface area contributed by atoms with Gasteiger partial charge in [0.05, 0.1) is 0 Å². The van der Waals surface area contributed by atoms with Gasteiger partial charge in [0.1, 0.15) is 0 Å². The minimum absolute atomic E-state index is 0.511. The molecule has 5 heteroatoms. The lowest BCUT2D eigenvalue weighted by molar-refractivity contribution is -0.00485. The molecule has 0 heterocycles. The van der Waals surface area contributed by atoms with Gasteiger partial charge in [-0.3, -0.25) is 0 Å². The smallest absolute Gasteiger partial charge is 0.355 e. The van der Waals surface area contributed by atoms with E-state index in [0.717, 1.165) is 6.42 Å². The highest BCUT2D eigenvalue weighted by molar-refractivity contribution is 6.53. The van der Waals surface area contributed by atoms with Crippen molar-refractivity contribution in [3.63, 3.8) is 0 Å². The van der Waals surface area contributed by atoms with Crippen molar-refractivity contribution < 1.29 is 17.7 Å². The molecule has 0 rings (SSSR count). The van der Waals surface area contributed by atoms with Crippen LogP contribution in [0, 0.1) is 0 Å². The summed E-state index contributed by atoms with van der Waals surface area (Å²) < 4.78 is 20.9. The number of hydrogen-bond acceptors (Lipinski definition) is 4. The third-order valence-electron chi connectivity index (χ3n) is 1.42. The second-order valence-electron chi connectivity index (χ2n) is 2.27. The molecule has 0 aliphatic heterocycles. The van der Waals surface area contributed by atoms with Gasteiger partial charge in [-0.2, -0.15) is 0 Å². The SMILES string of the molecule is C=CCCO[Si](OC)(OC)OCC. The Morgan fingerprint density at radius 3 is 2.23 bits per heavy atom. The quantitative estimate of drug-likeness (QED) is 0.341. The van der Waals surface area contributed by atoms with E-state index >= 15 is 0 Å². The molecule has 4 nitrogen and oxygen atoms in total. The first kappa shape index (κ1) is 12.8. The van der Waals surface area contributed by atoms with Crippen LogP contribution in [-0.2, 0) is 17.7 Å². The molecule has 13 heavy (non-hydrogen) atoms. The summed E-state index contributed by atoms with van der Waals surface area (Å²) >= 11 is 0. The summed E-state index contributed by atoms with van der Waals surface area (Å²) in [7, 11) is 0.226. The summed E-state index contributed by atoms with van der Waals surface area (Å²) in [4.78, 5) is 0. The molecule has 0 aliphatic rings. The average Bonchev–Trinajstić information content (AvgIpc) is 2.17. The molecule has 0 fully saturated rings. The molecule has 0 aromatic carbocycles. The van der Waals surface area contributed by atoms with Crippen LogP contribution in [0.2, 0.25) is 0 Å². The molecule has 0 aromatic rings. The van der Waals surface area contributed by atoms with E-state index in [4.69, 9.17) is 17.7 Å². The largest absolute Gasteiger partial charge is 0.679 e. The van der Waals surface area contributed by atoms with Gasteiger partial charge >= 0.3 is 9.05 Å². The van der Waals surface area contributed by atoms with Gasteiger partial charge in [-0.05, 0) is 13.3 Å². The third-order valence-corrected chi connectivity index (χ3v) is 3.62. The van der Waals surface area contributed by atoms with Crippen molar-refractivity contribution >= 4 is 9.05 Å². The lowest BCUT2D eigenvalue weighted by atomic mass is 10.5. The molecule has 0 amide bonds. The second kappa shape index (κ2) is 7.22. The lowest BCUT2D eigenvalue weighted by Crippen LogP contribution is -2.47. The van der Waals surface area contributed by atoms with E-state index in [1.165, 1.54) is 14.2 Å². The standard InChI is InChI=1S/C8H18O4Si/c1-5-7-8-12-13(9-3,10-4)11-6-2/h5H,1,6-8H2,2-4H3. The van der Waals surface area contributed by atoms with Crippen molar-refractivity contribution in [1.29, 1.82) is 0 Å². The maximum atomic E-state index is 5.41. The normalized spacial score (nSPS) is 11.6. The molecule has 0 spiro atoms. The number of hydrogen-bond donors (Lipinski definition) is 0. The Morgan fingerprint density at radius 1 is 1.23 bits per heavy atom. The summed E-state index contributed by atoms with van der Waals surface area (Å²) in [6, 6.07) is 0. The molecular weight excluding hydrogens is 188 g/mol. The van der Waals surface area contributed by atoms with E-state index in [1.54, 1.807) is 6.08 Å². The maximum absolute atomic E-state index is 5.41. The fraction of sp³-hybridized carbons (Fsp3) is 0.750. The third kappa shape index (κ3) is 4.54. The van der Waals surface area contributed by atoms with Crippen LogP contribution in [0.5, 0.6) is 0 Å². The molecule has 0 aliphatic carbocycles. The molecule has 0 unspecified atom stereocenters. The van der Waals surface area contributed by atoms with E-state index in [9.17, 15) is 0 Å². The van der Waals surface area contributed by atoms with Crippen molar-refractivity contribution in [2.24, 2.45) is 0 Å². The van der Waals surface area contributed by atoms with E-state index in [0.29, 0.717) is 13.2 Å². The average molecular weight is 206 g/mol. The summed E-state index contributed by atoms with van der Waals surface area (Å²) in [6.45, 7) is 6.49. The summed E-state index contributed by atoms with van der Waals surface area (Å²) in [5.41, 5.74) is 0. The van der Waals surface area contributed by atoms with E-state index in [2.05, 4.69) is 6.58 Å². The van der Waals surface area contributed by atoms with Gasteiger partial charge in [0, 0.05) is 27.4 Å². The molecule has 0 aromatic heterocycles. The first-order valence-electron chi connectivity index (χ1n) is 4.23. The first-order chi connectivity index (χ1) is 6.24. The van der Waals surface area contributed by atoms with Gasteiger partial charge in [0.15, 0.2) is 0 Å². The van der Waals surface area contributed by atoms with Crippen LogP contribution in [0.3, 0.4) is 0 Å². The topological polar surface area (TPSA) is 36.9 Å². The highest BCUT2D eigenvalue weighted by Gasteiger charge is 2.42. The van der Waals surface area contributed by atoms with Gasteiger partial charge < -0.3 is 17.7 Å². The molecule has 0 saturated carbocycles. The zero-order valence-electron chi connectivity index (χ0n) is 8.54. The predicted octanol–water partition coefficient (Wildman–Crippen LogP) is 1.34. The van der Waals surface area contributed by atoms with Crippen LogP contribution in [-0.4, -0.2) is 36.5 Å². The van der Waals surface area contributed by atoms with Gasteiger partial charge in [0.25, 0.3) is 0 Å². The second-order valence-corrected chi connectivity index (χ2v) is 4.66. The fourth-order valence-electron chi connectivity index (χ4n) is 0.805. The van der Waals surface area contributed by atoms with E-state index < -0.39 is 9.05 Å². The summed E-state index contributed by atoms with van der Waals surface area (Å²) in [6.07, 6.45) is 2.53. The first-order valence-corrected chi connectivity index (χ1v) is 5.87. The van der Waals surface area contributed by atoms with Crippen LogP contribution in [0.4, 0.5) is 0 Å². The van der Waals surface area contributed by atoms with E-state index in [1.807, 2.05) is 6.92 Å². The van der Waals surface area contributed by atoms with Crippen LogP contribution in [0.25, 0.3) is 0 Å². The zero-order chi connectivity index (χ0) is 10.2. The highest BCUT2D eigenvalue weighted by Crippen LogP contribution is 2.09. The minimum atomic E-state index is -2.83. The van der Waals surface area contributed by atoms with Gasteiger partial charge in [-0.1, -0.05) is 6.08 Å². The molecule has 0 saturated heterocycles. The minimum Gasteiger partial charge on any atom is -0.355 e. The Kier molecular flexibility index (Phi) is 7.11. The maximum Gasteiger partial charge on any atom is 0.679 e. The Bertz CT molecular complexity index is 136. The lowest BCUT2D eigenvalue weighted by Gasteiger charge is -2.23. The Morgan fingerprint density at radius 2 is 1.85 bits per heavy atom. The van der Waals surface area contributed by atoms with Crippen LogP contribution >= 0.6 is 0 Å². The number of rotatable bonds is 8. The Hall–Kier alpha value is -0.203. The van der Waals surface area contributed by atoms with Crippen molar-refractivity contribution in [2.75, 3.05) is 27.4 Å². The van der Waals surface area contributed by atoms with Crippen LogP contribution in [0.1, 0.15) is 13.3 Å². The van der Waals surface area contributed by atoms with Crippen LogP contribution in [0.15, 0.2) is 12.7 Å². The molecular formula is C8H18O4Si. The van der Waals surface area contributed by atoms with Crippen molar-refractivity contribution in [2.45, 2.75) is 13.3 Å². The van der Waals surface area contributed by atoms with Crippen molar-refractivity contribution in [3.8, 4) is 0 Å². The molecule has 78 valence electrons. The fourth-order valence-corrected chi connectivity index (χ4v) is 2.25. The zero-order valence-corrected chi connectivity index (χ0v) is 9.54. The molecule has 0 N–H and O–H groups in total. The van der Waals surface area contributed by atoms with Crippen molar-refractivity contribution in [1.82, 2.24) is 0 Å². The Balaban J connectivity index is 3.96. The predicted molar refractivity (Wildman–Crippen MR) is 52.2 cm³/mol. The van der Waals surface area contributed by atoms with Gasteiger partial charge in [0.2, 0.25) is 0 Å². The molecule has 0 radical (unpaired) electrons. The summed E-state index contributed by atoms with van der Waals surface area (Å²) in [5, 5.41) is 0. The van der Waals surface area contributed by atoms with E-state index in [-0.39, 0.29) is 0 Å². The molecule has 0 bridgehead atoms.